The first-order chi connectivity index (χ1) is 37.9. The summed E-state index contributed by atoms with van der Waals surface area (Å²) in [5, 5.41) is 84.4. The van der Waals surface area contributed by atoms with E-state index in [2.05, 4.69) is 145 Å². The fourth-order valence-electron chi connectivity index (χ4n) is 10.9. The standard InChI is InChI=1S/C76H98O7/c1-70(2,3)56-22-24-63(77)44(32-56)26-46-34-58(72(7,8)9)36-48(65(46)79)28-50-38-60(74(13,14)15)40-52(67(50)81)30-54-42-62(76(19,20)21)43-55(69(54)83)31-53-41-61(75(16,17)18)39-51(68(53)82)29-49-37-59(73(10,11)12)35-47(66(49)80)27-45-33-57(71(4,5)6)23-25-64(45)78/h22-25,32-43,77-83H,26-31H2,1-21H3. The van der Waals surface area contributed by atoms with Crippen molar-refractivity contribution in [3.05, 3.63) is 203 Å². The smallest absolute Gasteiger partial charge is 0.122 e. The van der Waals surface area contributed by atoms with Gasteiger partial charge in [0.25, 0.3) is 0 Å². The van der Waals surface area contributed by atoms with Gasteiger partial charge in [-0.15, -0.1) is 0 Å². The molecule has 0 aliphatic heterocycles. The molecule has 7 N–H and O–H groups in total. The zero-order valence-electron chi connectivity index (χ0n) is 54.1. The second-order valence-electron chi connectivity index (χ2n) is 31.2. The molecule has 83 heavy (non-hydrogen) atoms. The molecule has 0 spiro atoms. The molecule has 0 radical (unpaired) electrons. The highest BCUT2D eigenvalue weighted by atomic mass is 16.3. The topological polar surface area (TPSA) is 142 Å². The van der Waals surface area contributed by atoms with Crippen LogP contribution in [0, 0.1) is 0 Å². The minimum atomic E-state index is -0.339. The molecule has 7 rings (SSSR count). The van der Waals surface area contributed by atoms with Gasteiger partial charge in [-0.2, -0.15) is 0 Å². The molecular weight excluding hydrogens is 1020 g/mol. The van der Waals surface area contributed by atoms with Gasteiger partial charge in [-0.25, -0.2) is 0 Å². The van der Waals surface area contributed by atoms with Crippen LogP contribution in [0.15, 0.2) is 97.1 Å². The van der Waals surface area contributed by atoms with Crippen LogP contribution in [0.4, 0.5) is 0 Å². The summed E-state index contributed by atoms with van der Waals surface area (Å²) in [6.45, 7) is 45.0. The summed E-state index contributed by atoms with van der Waals surface area (Å²) in [5.41, 5.74) is 13.5. The molecule has 0 aliphatic rings. The maximum Gasteiger partial charge on any atom is 0.122 e. The van der Waals surface area contributed by atoms with E-state index in [0.717, 1.165) is 50.1 Å². The van der Waals surface area contributed by atoms with Crippen LogP contribution in [-0.2, 0) is 76.4 Å². The van der Waals surface area contributed by atoms with Crippen LogP contribution in [-0.4, -0.2) is 35.7 Å². The van der Waals surface area contributed by atoms with Crippen LogP contribution in [0.2, 0.25) is 0 Å². The molecule has 0 aliphatic carbocycles. The van der Waals surface area contributed by atoms with Crippen LogP contribution in [0.3, 0.4) is 0 Å². The number of phenols is 7. The monoisotopic (exact) mass is 1120 g/mol. The van der Waals surface area contributed by atoms with Crippen molar-refractivity contribution in [1.29, 1.82) is 0 Å². The van der Waals surface area contributed by atoms with Crippen molar-refractivity contribution in [2.45, 2.75) is 222 Å². The average Bonchev–Trinajstić information content (AvgIpc) is 2.44. The first-order valence-electron chi connectivity index (χ1n) is 29.8. The lowest BCUT2D eigenvalue weighted by molar-refractivity contribution is 0.450. The van der Waals surface area contributed by atoms with E-state index < -0.39 is 0 Å². The molecule has 0 unspecified atom stereocenters. The second kappa shape index (κ2) is 22.6. The molecule has 0 fully saturated rings. The molecule has 7 heteroatoms. The fourth-order valence-corrected chi connectivity index (χ4v) is 10.9. The molecule has 0 saturated carbocycles. The summed E-state index contributed by atoms with van der Waals surface area (Å²) < 4.78 is 0. The summed E-state index contributed by atoms with van der Waals surface area (Å²) in [6.07, 6.45) is 1.52. The highest BCUT2D eigenvalue weighted by Gasteiger charge is 2.29. The first kappa shape index (κ1) is 63.7. The van der Waals surface area contributed by atoms with E-state index in [1.54, 1.807) is 12.1 Å². The van der Waals surface area contributed by atoms with E-state index in [0.29, 0.717) is 68.5 Å². The Morgan fingerprint density at radius 2 is 0.325 bits per heavy atom. The van der Waals surface area contributed by atoms with Gasteiger partial charge in [-0.3, -0.25) is 0 Å². The van der Waals surface area contributed by atoms with Gasteiger partial charge in [0.1, 0.15) is 40.2 Å². The Bertz CT molecular complexity index is 3330. The highest BCUT2D eigenvalue weighted by molar-refractivity contribution is 5.59. The maximum absolute atomic E-state index is 12.6. The van der Waals surface area contributed by atoms with Crippen molar-refractivity contribution < 1.29 is 35.7 Å². The quantitative estimate of drug-likeness (QED) is 0.0646. The number of aromatic hydroxyl groups is 7. The van der Waals surface area contributed by atoms with Gasteiger partial charge < -0.3 is 35.7 Å². The minimum absolute atomic E-state index is 0.0834. The molecule has 444 valence electrons. The predicted molar refractivity (Wildman–Crippen MR) is 344 cm³/mol. The van der Waals surface area contributed by atoms with Gasteiger partial charge in [0.15, 0.2) is 0 Å². The van der Waals surface area contributed by atoms with Gasteiger partial charge in [-0.05, 0) is 156 Å². The van der Waals surface area contributed by atoms with E-state index >= 15 is 0 Å². The van der Waals surface area contributed by atoms with E-state index in [1.807, 2.05) is 84.9 Å². The van der Waals surface area contributed by atoms with Crippen molar-refractivity contribution in [3.63, 3.8) is 0 Å². The van der Waals surface area contributed by atoms with E-state index in [9.17, 15) is 35.7 Å². The Morgan fingerprint density at radius 3 is 0.470 bits per heavy atom. The van der Waals surface area contributed by atoms with Gasteiger partial charge in [-0.1, -0.05) is 230 Å². The molecule has 0 atom stereocenters. The Morgan fingerprint density at radius 1 is 0.193 bits per heavy atom. The lowest BCUT2D eigenvalue weighted by Gasteiger charge is -2.26. The molecule has 0 saturated heterocycles. The number of rotatable bonds is 12. The Hall–Kier alpha value is -6.86. The molecule has 0 aromatic heterocycles. The zero-order valence-corrected chi connectivity index (χ0v) is 54.1. The van der Waals surface area contributed by atoms with Crippen LogP contribution in [0.25, 0.3) is 0 Å². The fraction of sp³-hybridized carbons (Fsp3) is 0.447. The van der Waals surface area contributed by atoms with Crippen LogP contribution in [0.5, 0.6) is 40.2 Å². The normalized spacial score (nSPS) is 13.0. The lowest BCUT2D eigenvalue weighted by atomic mass is 9.79. The van der Waals surface area contributed by atoms with Crippen molar-refractivity contribution >= 4 is 0 Å². The molecule has 0 amide bonds. The molecule has 7 aromatic rings. The number of hydrogen-bond acceptors (Lipinski definition) is 7. The van der Waals surface area contributed by atoms with Crippen molar-refractivity contribution in [1.82, 2.24) is 0 Å². The van der Waals surface area contributed by atoms with Crippen LogP contribution < -0.4 is 0 Å². The van der Waals surface area contributed by atoms with E-state index in [1.165, 1.54) is 0 Å². The number of phenolic OH excluding ortho intramolecular Hbond substituents is 7. The average molecular weight is 1120 g/mol. The molecular formula is C76H98O7. The largest absolute Gasteiger partial charge is 0.508 e. The summed E-state index contributed by atoms with van der Waals surface area (Å²) in [4.78, 5) is 0. The highest BCUT2D eigenvalue weighted by Crippen LogP contribution is 2.44. The summed E-state index contributed by atoms with van der Waals surface area (Å²) in [7, 11) is 0. The number of hydrogen-bond donors (Lipinski definition) is 7. The van der Waals surface area contributed by atoms with Gasteiger partial charge >= 0.3 is 0 Å². The Balaban J connectivity index is 1.32. The lowest BCUT2D eigenvalue weighted by Crippen LogP contribution is -2.15. The second-order valence-corrected chi connectivity index (χ2v) is 31.2. The third-order valence-corrected chi connectivity index (χ3v) is 16.8. The third kappa shape index (κ3) is 14.7. The summed E-state index contributed by atoms with van der Waals surface area (Å²) in [6, 6.07) is 31.8. The molecule has 0 bridgehead atoms. The SMILES string of the molecule is CC(C)(C)c1ccc(O)c(Cc2cc(C(C)(C)C)cc(Cc3cc(C(C)(C)C)cc(Cc4cc(C(C)(C)C)cc(Cc5cc(C(C)(C)C)cc(Cc6cc(C(C)(C)C)cc(Cc7cc(C(C)(C)C)ccc7O)c6O)c5O)c4O)c3O)c2O)c1. The first-order valence-corrected chi connectivity index (χ1v) is 29.8. The maximum atomic E-state index is 12.6. The van der Waals surface area contributed by atoms with Gasteiger partial charge in [0, 0.05) is 38.5 Å². The van der Waals surface area contributed by atoms with Gasteiger partial charge in [0.2, 0.25) is 0 Å². The minimum Gasteiger partial charge on any atom is -0.508 e. The van der Waals surface area contributed by atoms with Crippen molar-refractivity contribution in [2.75, 3.05) is 0 Å². The summed E-state index contributed by atoms with van der Waals surface area (Å²) >= 11 is 0. The van der Waals surface area contributed by atoms with Crippen LogP contribution >= 0.6 is 0 Å². The third-order valence-electron chi connectivity index (χ3n) is 16.8. The Labute approximate surface area is 498 Å². The van der Waals surface area contributed by atoms with E-state index in [4.69, 9.17) is 0 Å². The van der Waals surface area contributed by atoms with Crippen LogP contribution in [0.1, 0.15) is 251 Å². The predicted octanol–water partition coefficient (Wildman–Crippen LogP) is 18.3. The Kier molecular flexibility index (Phi) is 17.4. The van der Waals surface area contributed by atoms with Gasteiger partial charge in [0.05, 0.1) is 0 Å². The van der Waals surface area contributed by atoms with E-state index in [-0.39, 0.29) is 104 Å². The summed E-state index contributed by atoms with van der Waals surface area (Å²) in [5.74, 6) is 0.870. The zero-order chi connectivity index (χ0) is 62.1. The molecule has 7 aromatic carbocycles. The molecule has 0 heterocycles. The van der Waals surface area contributed by atoms with Crippen molar-refractivity contribution in [2.24, 2.45) is 0 Å². The van der Waals surface area contributed by atoms with Crippen molar-refractivity contribution in [3.8, 4) is 40.2 Å². The molecule has 7 nitrogen and oxygen atoms in total. The number of benzene rings is 7.